The highest BCUT2D eigenvalue weighted by atomic mass is 79.9. The minimum Gasteiger partial charge on any atom is -0.465 e. The first kappa shape index (κ1) is 14.3. The number of carbonyl (C=O) groups is 2. The molecular formula is C15H17BrO3. The molecule has 2 rings (SSSR count). The molecule has 1 saturated carbocycles. The number of halogens is 1. The van der Waals surface area contributed by atoms with Crippen molar-refractivity contribution >= 4 is 27.7 Å². The lowest BCUT2D eigenvalue weighted by Crippen LogP contribution is -2.37. The third-order valence-corrected chi connectivity index (χ3v) is 4.25. The largest absolute Gasteiger partial charge is 0.465 e. The van der Waals surface area contributed by atoms with Gasteiger partial charge in [0, 0.05) is 29.7 Å². The topological polar surface area (TPSA) is 43.4 Å². The molecule has 1 fully saturated rings. The Kier molecular flexibility index (Phi) is 4.40. The van der Waals surface area contributed by atoms with E-state index in [4.69, 9.17) is 4.74 Å². The minimum atomic E-state index is -0.272. The van der Waals surface area contributed by atoms with Gasteiger partial charge < -0.3 is 4.74 Å². The van der Waals surface area contributed by atoms with Gasteiger partial charge in [0.1, 0.15) is 12.4 Å². The van der Waals surface area contributed by atoms with E-state index in [2.05, 4.69) is 22.0 Å². The molecule has 1 aliphatic rings. The first-order chi connectivity index (χ1) is 9.02. The third kappa shape index (κ3) is 3.44. The lowest BCUT2D eigenvalue weighted by atomic mass is 9.69. The average molecular weight is 325 g/mol. The molecule has 0 bridgehead atoms. The van der Waals surface area contributed by atoms with Crippen molar-refractivity contribution in [3.8, 4) is 0 Å². The molecule has 0 N–H and O–H groups in total. The SMILES string of the molecule is CC(=O)OCC1(c2cccc(Br)c2)CCC(=O)CC1. The summed E-state index contributed by atoms with van der Waals surface area (Å²) >= 11 is 3.47. The van der Waals surface area contributed by atoms with Gasteiger partial charge in [0.25, 0.3) is 0 Å². The van der Waals surface area contributed by atoms with Crippen LogP contribution in [-0.2, 0) is 19.7 Å². The number of benzene rings is 1. The molecule has 0 spiro atoms. The molecule has 0 saturated heterocycles. The van der Waals surface area contributed by atoms with Crippen LogP contribution >= 0.6 is 15.9 Å². The van der Waals surface area contributed by atoms with Crippen LogP contribution in [0, 0.1) is 0 Å². The lowest BCUT2D eigenvalue weighted by molar-refractivity contribution is -0.143. The molecule has 0 aliphatic heterocycles. The molecule has 0 atom stereocenters. The lowest BCUT2D eigenvalue weighted by Gasteiger charge is -2.36. The van der Waals surface area contributed by atoms with Crippen LogP contribution in [0.2, 0.25) is 0 Å². The van der Waals surface area contributed by atoms with Crippen LogP contribution in [0.3, 0.4) is 0 Å². The number of hydrogen-bond acceptors (Lipinski definition) is 3. The first-order valence-electron chi connectivity index (χ1n) is 6.43. The Morgan fingerprint density at radius 1 is 1.37 bits per heavy atom. The highest BCUT2D eigenvalue weighted by Gasteiger charge is 2.37. The predicted octanol–water partition coefficient (Wildman–Crippen LogP) is 3.39. The maximum Gasteiger partial charge on any atom is 0.302 e. The first-order valence-corrected chi connectivity index (χ1v) is 7.22. The molecule has 0 aromatic heterocycles. The number of Topliss-reactive ketones (excluding diaryl/α,β-unsaturated/α-hetero) is 1. The number of carbonyl (C=O) groups excluding carboxylic acids is 2. The molecule has 0 amide bonds. The minimum absolute atomic E-state index is 0.219. The molecule has 0 radical (unpaired) electrons. The summed E-state index contributed by atoms with van der Waals surface area (Å²) in [7, 11) is 0. The van der Waals surface area contributed by atoms with E-state index in [0.717, 1.165) is 22.9 Å². The second kappa shape index (κ2) is 5.87. The number of ketones is 1. The summed E-state index contributed by atoms with van der Waals surface area (Å²) in [6.07, 6.45) is 2.62. The fourth-order valence-electron chi connectivity index (χ4n) is 2.58. The van der Waals surface area contributed by atoms with Crippen LogP contribution in [-0.4, -0.2) is 18.4 Å². The Morgan fingerprint density at radius 2 is 2.05 bits per heavy atom. The van der Waals surface area contributed by atoms with Gasteiger partial charge in [0.15, 0.2) is 0 Å². The highest BCUT2D eigenvalue weighted by molar-refractivity contribution is 9.10. The molecule has 102 valence electrons. The van der Waals surface area contributed by atoms with Gasteiger partial charge in [-0.1, -0.05) is 28.1 Å². The normalized spacial score (nSPS) is 18.1. The van der Waals surface area contributed by atoms with Crippen LogP contribution in [0.25, 0.3) is 0 Å². The van der Waals surface area contributed by atoms with Gasteiger partial charge in [0.2, 0.25) is 0 Å². The third-order valence-electron chi connectivity index (χ3n) is 3.75. The van der Waals surface area contributed by atoms with Crippen LogP contribution in [0.15, 0.2) is 28.7 Å². The number of hydrogen-bond donors (Lipinski definition) is 0. The van der Waals surface area contributed by atoms with Crippen molar-refractivity contribution in [1.29, 1.82) is 0 Å². The van der Waals surface area contributed by atoms with E-state index in [-0.39, 0.29) is 11.4 Å². The van der Waals surface area contributed by atoms with Crippen LogP contribution in [0.1, 0.15) is 38.2 Å². The molecule has 19 heavy (non-hydrogen) atoms. The summed E-state index contributed by atoms with van der Waals surface area (Å²) < 4.78 is 6.25. The molecule has 1 aromatic rings. The molecule has 1 aliphatic carbocycles. The Labute approximate surface area is 121 Å². The van der Waals surface area contributed by atoms with Crippen LogP contribution in [0.4, 0.5) is 0 Å². The molecule has 0 heterocycles. The smallest absolute Gasteiger partial charge is 0.302 e. The zero-order chi connectivity index (χ0) is 13.9. The highest BCUT2D eigenvalue weighted by Crippen LogP contribution is 2.39. The average Bonchev–Trinajstić information content (AvgIpc) is 2.38. The Bertz CT molecular complexity index is 486. The Balaban J connectivity index is 2.28. The Morgan fingerprint density at radius 3 is 2.63 bits per heavy atom. The number of ether oxygens (including phenoxy) is 1. The maximum atomic E-state index is 11.5. The van der Waals surface area contributed by atoms with Crippen LogP contribution < -0.4 is 0 Å². The summed E-state index contributed by atoms with van der Waals surface area (Å²) in [5.41, 5.74) is 0.916. The summed E-state index contributed by atoms with van der Waals surface area (Å²) in [6, 6.07) is 8.05. The van der Waals surface area contributed by atoms with Crippen molar-refractivity contribution in [2.45, 2.75) is 38.0 Å². The molecule has 1 aromatic carbocycles. The molecular weight excluding hydrogens is 308 g/mol. The van der Waals surface area contributed by atoms with Crippen molar-refractivity contribution in [1.82, 2.24) is 0 Å². The number of esters is 1. The van der Waals surface area contributed by atoms with E-state index in [0.29, 0.717) is 25.2 Å². The van der Waals surface area contributed by atoms with Crippen LogP contribution in [0.5, 0.6) is 0 Å². The fourth-order valence-corrected chi connectivity index (χ4v) is 2.98. The van der Waals surface area contributed by atoms with Gasteiger partial charge in [-0.15, -0.1) is 0 Å². The Hall–Kier alpha value is -1.16. The molecule has 0 unspecified atom stereocenters. The van der Waals surface area contributed by atoms with Gasteiger partial charge in [-0.3, -0.25) is 9.59 Å². The quantitative estimate of drug-likeness (QED) is 0.800. The van der Waals surface area contributed by atoms with Gasteiger partial charge in [-0.2, -0.15) is 0 Å². The van der Waals surface area contributed by atoms with Crippen molar-refractivity contribution in [2.75, 3.05) is 6.61 Å². The predicted molar refractivity (Wildman–Crippen MR) is 75.9 cm³/mol. The van der Waals surface area contributed by atoms with Crippen molar-refractivity contribution in [2.24, 2.45) is 0 Å². The monoisotopic (exact) mass is 324 g/mol. The van der Waals surface area contributed by atoms with E-state index in [1.54, 1.807) is 0 Å². The van der Waals surface area contributed by atoms with Crippen molar-refractivity contribution in [3.63, 3.8) is 0 Å². The van der Waals surface area contributed by atoms with Gasteiger partial charge in [-0.25, -0.2) is 0 Å². The summed E-state index contributed by atoms with van der Waals surface area (Å²) in [6.45, 7) is 1.77. The van der Waals surface area contributed by atoms with E-state index in [1.165, 1.54) is 6.92 Å². The maximum absolute atomic E-state index is 11.5. The van der Waals surface area contributed by atoms with E-state index in [1.807, 2.05) is 18.2 Å². The zero-order valence-corrected chi connectivity index (χ0v) is 12.5. The van der Waals surface area contributed by atoms with Crippen molar-refractivity contribution in [3.05, 3.63) is 34.3 Å². The van der Waals surface area contributed by atoms with Crippen molar-refractivity contribution < 1.29 is 14.3 Å². The van der Waals surface area contributed by atoms with Gasteiger partial charge in [0.05, 0.1) is 0 Å². The fraction of sp³-hybridized carbons (Fsp3) is 0.467. The number of rotatable bonds is 3. The van der Waals surface area contributed by atoms with E-state index < -0.39 is 0 Å². The standard InChI is InChI=1S/C15H17BrO3/c1-11(17)19-10-15(7-5-14(18)6-8-15)12-3-2-4-13(16)9-12/h2-4,9H,5-8,10H2,1H3. The molecule has 4 heteroatoms. The summed E-state index contributed by atoms with van der Waals surface area (Å²) in [5, 5.41) is 0. The van der Waals surface area contributed by atoms with E-state index in [9.17, 15) is 9.59 Å². The zero-order valence-electron chi connectivity index (χ0n) is 10.9. The van der Waals surface area contributed by atoms with E-state index >= 15 is 0 Å². The second-order valence-corrected chi connectivity index (χ2v) is 6.03. The second-order valence-electron chi connectivity index (χ2n) is 5.11. The van der Waals surface area contributed by atoms with Gasteiger partial charge >= 0.3 is 5.97 Å². The summed E-state index contributed by atoms with van der Waals surface area (Å²) in [5.74, 6) is 0.0275. The van der Waals surface area contributed by atoms with Gasteiger partial charge in [-0.05, 0) is 30.5 Å². The summed E-state index contributed by atoms with van der Waals surface area (Å²) in [4.78, 5) is 22.6. The molecule has 3 nitrogen and oxygen atoms in total.